The topological polar surface area (TPSA) is 38.8 Å². The summed E-state index contributed by atoms with van der Waals surface area (Å²) in [5, 5.41) is 0. The molecule has 0 amide bonds. The first-order valence-electron chi connectivity index (χ1n) is 7.08. The van der Waals surface area contributed by atoms with E-state index in [-0.39, 0.29) is 5.78 Å². The highest BCUT2D eigenvalue weighted by molar-refractivity contribution is 6.05. The highest BCUT2D eigenvalue weighted by Crippen LogP contribution is 2.36. The van der Waals surface area contributed by atoms with Crippen LogP contribution >= 0.6 is 0 Å². The smallest absolute Gasteiger partial charge is 0.231 e. The normalized spacial score (nSPS) is 25.2. The Bertz CT molecular complexity index is 606. The lowest BCUT2D eigenvalue weighted by Crippen LogP contribution is -2.51. The van der Waals surface area contributed by atoms with Crippen LogP contribution in [0.5, 0.6) is 0 Å². The van der Waals surface area contributed by atoms with E-state index in [1.807, 2.05) is 18.2 Å². The highest BCUT2D eigenvalue weighted by Gasteiger charge is 2.43. The molecule has 1 unspecified atom stereocenters. The molecule has 110 valence electrons. The second kappa shape index (κ2) is 5.47. The first kappa shape index (κ1) is 14.0. The quantitative estimate of drug-likeness (QED) is 0.854. The number of fused-ring (bicyclic) bond motifs is 1. The first-order chi connectivity index (χ1) is 10.1. The molecule has 0 aromatic heterocycles. The predicted molar refractivity (Wildman–Crippen MR) is 79.4 cm³/mol. The molecule has 1 saturated heterocycles. The molecule has 1 aromatic rings. The molecule has 0 radical (unpaired) electrons. The standard InChI is InChI=1S/C17H19NO3/c1-13-11-17(20-2)16(10-15(13)19)18(8-9-21-17)12-14-6-4-3-5-7-14/h3-7,10-11H,8-9,12H2,1-2H3. The van der Waals surface area contributed by atoms with Crippen molar-refractivity contribution >= 4 is 5.78 Å². The molecule has 4 heteroatoms. The summed E-state index contributed by atoms with van der Waals surface area (Å²) in [6, 6.07) is 10.2. The van der Waals surface area contributed by atoms with Crippen molar-refractivity contribution in [3.63, 3.8) is 0 Å². The first-order valence-corrected chi connectivity index (χ1v) is 7.08. The summed E-state index contributed by atoms with van der Waals surface area (Å²) in [4.78, 5) is 14.2. The zero-order chi connectivity index (χ0) is 14.9. The van der Waals surface area contributed by atoms with Crippen LogP contribution in [0.25, 0.3) is 0 Å². The number of rotatable bonds is 3. The van der Waals surface area contributed by atoms with Gasteiger partial charge in [0.05, 0.1) is 12.3 Å². The molecular weight excluding hydrogens is 266 g/mol. The molecule has 1 atom stereocenters. The van der Waals surface area contributed by atoms with Gasteiger partial charge in [0, 0.05) is 26.3 Å². The third-order valence-electron chi connectivity index (χ3n) is 3.96. The Morgan fingerprint density at radius 1 is 1.33 bits per heavy atom. The number of carbonyl (C=O) groups excluding carboxylic acids is 1. The molecule has 1 heterocycles. The summed E-state index contributed by atoms with van der Waals surface area (Å²) in [5.74, 6) is -0.911. The third kappa shape index (κ3) is 2.52. The summed E-state index contributed by atoms with van der Waals surface area (Å²) in [6.07, 6.45) is 3.42. The summed E-state index contributed by atoms with van der Waals surface area (Å²) >= 11 is 0. The lowest BCUT2D eigenvalue weighted by Gasteiger charge is -2.44. The van der Waals surface area contributed by atoms with Gasteiger partial charge in [-0.15, -0.1) is 0 Å². The van der Waals surface area contributed by atoms with Crippen LogP contribution in [-0.2, 0) is 20.8 Å². The van der Waals surface area contributed by atoms with Gasteiger partial charge in [-0.25, -0.2) is 0 Å². The van der Waals surface area contributed by atoms with Crippen LogP contribution in [0.2, 0.25) is 0 Å². The van der Waals surface area contributed by atoms with Gasteiger partial charge in [0.2, 0.25) is 5.79 Å². The van der Waals surface area contributed by atoms with Crippen molar-refractivity contribution in [2.45, 2.75) is 19.3 Å². The van der Waals surface area contributed by atoms with Gasteiger partial charge in [0.25, 0.3) is 0 Å². The van der Waals surface area contributed by atoms with E-state index in [0.29, 0.717) is 12.2 Å². The van der Waals surface area contributed by atoms with Crippen molar-refractivity contribution < 1.29 is 14.3 Å². The van der Waals surface area contributed by atoms with Crippen molar-refractivity contribution in [1.29, 1.82) is 0 Å². The van der Waals surface area contributed by atoms with E-state index < -0.39 is 5.79 Å². The minimum atomic E-state index is -0.926. The minimum Gasteiger partial charge on any atom is -0.363 e. The van der Waals surface area contributed by atoms with E-state index in [9.17, 15) is 4.79 Å². The Morgan fingerprint density at radius 3 is 2.81 bits per heavy atom. The number of nitrogens with zero attached hydrogens (tertiary/aromatic N) is 1. The summed E-state index contributed by atoms with van der Waals surface area (Å²) < 4.78 is 11.5. The Kier molecular flexibility index (Phi) is 3.66. The number of hydrogen-bond acceptors (Lipinski definition) is 4. The van der Waals surface area contributed by atoms with Crippen molar-refractivity contribution in [3.05, 3.63) is 59.3 Å². The number of benzene rings is 1. The van der Waals surface area contributed by atoms with Crippen LogP contribution < -0.4 is 0 Å². The second-order valence-electron chi connectivity index (χ2n) is 5.35. The van der Waals surface area contributed by atoms with E-state index in [4.69, 9.17) is 9.47 Å². The summed E-state index contributed by atoms with van der Waals surface area (Å²) in [5.41, 5.74) is 2.64. The lowest BCUT2D eigenvalue weighted by molar-refractivity contribution is -0.197. The number of carbonyl (C=O) groups is 1. The number of ether oxygens (including phenoxy) is 2. The van der Waals surface area contributed by atoms with Gasteiger partial charge in [-0.1, -0.05) is 30.3 Å². The zero-order valence-corrected chi connectivity index (χ0v) is 12.3. The van der Waals surface area contributed by atoms with Crippen molar-refractivity contribution in [3.8, 4) is 0 Å². The molecule has 1 aliphatic carbocycles. The molecule has 0 spiro atoms. The lowest BCUT2D eigenvalue weighted by atomic mass is 9.95. The average molecular weight is 285 g/mol. The van der Waals surface area contributed by atoms with E-state index >= 15 is 0 Å². The van der Waals surface area contributed by atoms with Crippen LogP contribution in [0.1, 0.15) is 12.5 Å². The number of morpholine rings is 1. The maximum absolute atomic E-state index is 12.0. The Balaban J connectivity index is 1.93. The maximum atomic E-state index is 12.0. The van der Waals surface area contributed by atoms with E-state index in [1.54, 1.807) is 26.2 Å². The highest BCUT2D eigenvalue weighted by atomic mass is 16.7. The number of ketones is 1. The van der Waals surface area contributed by atoms with E-state index in [0.717, 1.165) is 18.8 Å². The molecule has 1 aromatic carbocycles. The minimum absolute atomic E-state index is 0.0150. The van der Waals surface area contributed by atoms with Crippen LogP contribution in [0.3, 0.4) is 0 Å². The molecule has 3 rings (SSSR count). The molecule has 2 aliphatic rings. The molecule has 0 bridgehead atoms. The fourth-order valence-corrected chi connectivity index (χ4v) is 2.81. The fraction of sp³-hybridized carbons (Fsp3) is 0.353. The van der Waals surface area contributed by atoms with E-state index in [2.05, 4.69) is 17.0 Å². The monoisotopic (exact) mass is 285 g/mol. The second-order valence-corrected chi connectivity index (χ2v) is 5.35. The van der Waals surface area contributed by atoms with Crippen LogP contribution in [0.4, 0.5) is 0 Å². The molecule has 0 N–H and O–H groups in total. The maximum Gasteiger partial charge on any atom is 0.231 e. The van der Waals surface area contributed by atoms with Crippen molar-refractivity contribution in [2.75, 3.05) is 20.3 Å². The number of allylic oxidation sites excluding steroid dienone is 2. The van der Waals surface area contributed by atoms with Gasteiger partial charge in [-0.3, -0.25) is 4.79 Å². The van der Waals surface area contributed by atoms with Crippen LogP contribution in [0.15, 0.2) is 53.8 Å². The van der Waals surface area contributed by atoms with Crippen molar-refractivity contribution in [1.82, 2.24) is 4.90 Å². The van der Waals surface area contributed by atoms with E-state index in [1.165, 1.54) is 5.56 Å². The van der Waals surface area contributed by atoms with Gasteiger partial charge in [0.1, 0.15) is 0 Å². The molecule has 0 saturated carbocycles. The third-order valence-corrected chi connectivity index (χ3v) is 3.96. The SMILES string of the molecule is COC12C=C(C)C(=O)C=C1N(Cc1ccccc1)CCO2. The fourth-order valence-electron chi connectivity index (χ4n) is 2.81. The largest absolute Gasteiger partial charge is 0.363 e. The van der Waals surface area contributed by atoms with Gasteiger partial charge in [-0.2, -0.15) is 0 Å². The Labute approximate surface area is 124 Å². The predicted octanol–water partition coefficient (Wildman–Crippen LogP) is 2.27. The Morgan fingerprint density at radius 2 is 2.10 bits per heavy atom. The van der Waals surface area contributed by atoms with Gasteiger partial charge < -0.3 is 14.4 Å². The number of hydrogen-bond donors (Lipinski definition) is 0. The van der Waals surface area contributed by atoms with Crippen molar-refractivity contribution in [2.24, 2.45) is 0 Å². The molecule has 1 aliphatic heterocycles. The van der Waals surface area contributed by atoms with Gasteiger partial charge >= 0.3 is 0 Å². The summed E-state index contributed by atoms with van der Waals surface area (Å²) in [6.45, 7) is 3.83. The molecule has 1 fully saturated rings. The average Bonchev–Trinajstić information content (AvgIpc) is 2.50. The van der Waals surface area contributed by atoms with Crippen LogP contribution in [-0.4, -0.2) is 36.7 Å². The zero-order valence-electron chi connectivity index (χ0n) is 12.3. The van der Waals surface area contributed by atoms with Gasteiger partial charge in [-0.05, 0) is 24.1 Å². The Hall–Kier alpha value is -1.91. The number of methoxy groups -OCH3 is 1. The van der Waals surface area contributed by atoms with Gasteiger partial charge in [0.15, 0.2) is 5.78 Å². The van der Waals surface area contributed by atoms with Crippen LogP contribution in [0, 0.1) is 0 Å². The molecule has 21 heavy (non-hydrogen) atoms. The molecule has 4 nitrogen and oxygen atoms in total. The molecular formula is C17H19NO3. The summed E-state index contributed by atoms with van der Waals surface area (Å²) in [7, 11) is 1.61.